The number of ether oxygens (including phenoxy) is 2. The first-order chi connectivity index (χ1) is 19.1. The van der Waals surface area contributed by atoms with Crippen molar-refractivity contribution in [1.82, 2.24) is 24.4 Å². The molecule has 39 heavy (non-hydrogen) atoms. The Bertz CT molecular complexity index is 1840. The molecule has 9 heteroatoms. The Morgan fingerprint density at radius 3 is 2.31 bits per heavy atom. The molecule has 0 saturated heterocycles. The average Bonchev–Trinajstić information content (AvgIpc) is 3.68. The minimum atomic E-state index is -0.219. The predicted octanol–water partition coefficient (Wildman–Crippen LogP) is 5.02. The van der Waals surface area contributed by atoms with E-state index in [1.54, 1.807) is 7.11 Å². The van der Waals surface area contributed by atoms with Gasteiger partial charge in [0.1, 0.15) is 17.2 Å². The number of methoxy groups -OCH3 is 1. The highest BCUT2D eigenvalue weighted by Gasteiger charge is 2.15. The summed E-state index contributed by atoms with van der Waals surface area (Å²) in [6.45, 7) is 2.75. The molecule has 0 aliphatic heterocycles. The Hall–Kier alpha value is -4.76. The fourth-order valence-corrected chi connectivity index (χ4v) is 5.10. The Balaban J connectivity index is 1.41. The fourth-order valence-electron chi connectivity index (χ4n) is 4.20. The van der Waals surface area contributed by atoms with Crippen LogP contribution < -0.4 is 19.6 Å². The SMILES string of the molecule is CCCOc1ccc(-c2nn(-c3ccccc3)cc2C=c2sc3nc(-c4ccc(OC)cc4)nn3c2=O)cc1. The minimum absolute atomic E-state index is 0.219. The highest BCUT2D eigenvalue weighted by atomic mass is 32.1. The molecule has 0 saturated carbocycles. The van der Waals surface area contributed by atoms with E-state index in [-0.39, 0.29) is 5.56 Å². The molecule has 3 aromatic heterocycles. The van der Waals surface area contributed by atoms with Crippen LogP contribution in [0.5, 0.6) is 11.5 Å². The first-order valence-electron chi connectivity index (χ1n) is 12.6. The van der Waals surface area contributed by atoms with E-state index in [1.807, 2.05) is 95.8 Å². The predicted molar refractivity (Wildman–Crippen MR) is 153 cm³/mol. The van der Waals surface area contributed by atoms with Crippen LogP contribution in [0.1, 0.15) is 18.9 Å². The molecule has 0 N–H and O–H groups in total. The van der Waals surface area contributed by atoms with E-state index >= 15 is 0 Å². The van der Waals surface area contributed by atoms with Crippen LogP contribution in [0.2, 0.25) is 0 Å². The summed E-state index contributed by atoms with van der Waals surface area (Å²) < 4.78 is 14.7. The quantitative estimate of drug-likeness (QED) is 0.272. The van der Waals surface area contributed by atoms with Crippen LogP contribution in [-0.2, 0) is 0 Å². The molecule has 3 heterocycles. The van der Waals surface area contributed by atoms with Gasteiger partial charge >= 0.3 is 0 Å². The Labute approximate surface area is 228 Å². The molecular weight excluding hydrogens is 510 g/mol. The highest BCUT2D eigenvalue weighted by molar-refractivity contribution is 7.15. The molecule has 194 valence electrons. The van der Waals surface area contributed by atoms with Crippen molar-refractivity contribution in [3.05, 3.63) is 106 Å². The number of nitrogens with zero attached hydrogens (tertiary/aromatic N) is 5. The zero-order valence-corrected chi connectivity index (χ0v) is 22.3. The topological polar surface area (TPSA) is 83.5 Å². The molecule has 0 spiro atoms. The molecule has 6 aromatic rings. The second-order valence-electron chi connectivity index (χ2n) is 8.86. The summed E-state index contributed by atoms with van der Waals surface area (Å²) in [7, 11) is 1.62. The van der Waals surface area contributed by atoms with Gasteiger partial charge in [-0.05, 0) is 73.2 Å². The van der Waals surface area contributed by atoms with E-state index < -0.39 is 0 Å². The first-order valence-corrected chi connectivity index (χ1v) is 13.4. The van der Waals surface area contributed by atoms with Crippen LogP contribution >= 0.6 is 11.3 Å². The van der Waals surface area contributed by atoms with Gasteiger partial charge in [0.2, 0.25) is 4.96 Å². The lowest BCUT2D eigenvalue weighted by Crippen LogP contribution is -2.23. The van der Waals surface area contributed by atoms with E-state index in [0.29, 0.717) is 21.9 Å². The summed E-state index contributed by atoms with van der Waals surface area (Å²) in [6, 6.07) is 25.2. The zero-order valence-electron chi connectivity index (χ0n) is 21.4. The molecule has 8 nitrogen and oxygen atoms in total. The van der Waals surface area contributed by atoms with Gasteiger partial charge in [-0.25, -0.2) is 4.68 Å². The van der Waals surface area contributed by atoms with Gasteiger partial charge < -0.3 is 9.47 Å². The van der Waals surface area contributed by atoms with Gasteiger partial charge in [0.05, 0.1) is 23.9 Å². The first kappa shape index (κ1) is 24.6. The van der Waals surface area contributed by atoms with E-state index in [1.165, 1.54) is 15.9 Å². The van der Waals surface area contributed by atoms with Crippen LogP contribution in [0.3, 0.4) is 0 Å². The summed E-state index contributed by atoms with van der Waals surface area (Å²) >= 11 is 1.30. The second-order valence-corrected chi connectivity index (χ2v) is 9.87. The summed E-state index contributed by atoms with van der Waals surface area (Å²) in [4.78, 5) is 18.5. The van der Waals surface area contributed by atoms with Gasteiger partial charge in [0, 0.05) is 22.9 Å². The van der Waals surface area contributed by atoms with Gasteiger partial charge in [-0.2, -0.15) is 14.6 Å². The largest absolute Gasteiger partial charge is 0.497 e. The van der Waals surface area contributed by atoms with Crippen molar-refractivity contribution in [1.29, 1.82) is 0 Å². The number of hydrogen-bond donors (Lipinski definition) is 0. The maximum atomic E-state index is 13.3. The minimum Gasteiger partial charge on any atom is -0.497 e. The number of rotatable bonds is 8. The smallest absolute Gasteiger partial charge is 0.291 e. The lowest BCUT2D eigenvalue weighted by atomic mass is 10.1. The molecule has 0 radical (unpaired) electrons. The summed E-state index contributed by atoms with van der Waals surface area (Å²) in [5, 5.41) is 9.35. The number of para-hydroxylation sites is 1. The number of aromatic nitrogens is 5. The normalized spacial score (nSPS) is 11.8. The van der Waals surface area contributed by atoms with Gasteiger partial charge in [-0.3, -0.25) is 4.79 Å². The van der Waals surface area contributed by atoms with Gasteiger partial charge in [-0.15, -0.1) is 5.10 Å². The van der Waals surface area contributed by atoms with E-state index in [9.17, 15) is 4.79 Å². The summed E-state index contributed by atoms with van der Waals surface area (Å²) in [5.41, 5.74) is 4.03. The number of thiazole rings is 1. The van der Waals surface area contributed by atoms with Crippen LogP contribution in [0.15, 0.2) is 89.9 Å². The zero-order chi connectivity index (χ0) is 26.8. The number of fused-ring (bicyclic) bond motifs is 1. The molecular formula is C30H25N5O3S. The van der Waals surface area contributed by atoms with Gasteiger partial charge in [0.15, 0.2) is 5.82 Å². The van der Waals surface area contributed by atoms with E-state index in [2.05, 4.69) is 17.0 Å². The third kappa shape index (κ3) is 4.92. The van der Waals surface area contributed by atoms with Gasteiger partial charge in [0.25, 0.3) is 5.56 Å². The van der Waals surface area contributed by atoms with Crippen molar-refractivity contribution in [2.45, 2.75) is 13.3 Å². The van der Waals surface area contributed by atoms with Crippen molar-refractivity contribution >= 4 is 22.4 Å². The molecule has 0 atom stereocenters. The summed E-state index contributed by atoms with van der Waals surface area (Å²) in [5.74, 6) is 2.06. The van der Waals surface area contributed by atoms with Crippen molar-refractivity contribution in [2.75, 3.05) is 13.7 Å². The maximum Gasteiger partial charge on any atom is 0.291 e. The van der Waals surface area contributed by atoms with Crippen LogP contribution in [-0.4, -0.2) is 38.1 Å². The Kier molecular flexibility index (Phi) is 6.64. The Morgan fingerprint density at radius 1 is 0.897 bits per heavy atom. The lowest BCUT2D eigenvalue weighted by Gasteiger charge is -2.05. The van der Waals surface area contributed by atoms with E-state index in [0.717, 1.165) is 46.0 Å². The van der Waals surface area contributed by atoms with Crippen LogP contribution in [0, 0.1) is 0 Å². The average molecular weight is 536 g/mol. The van der Waals surface area contributed by atoms with Crippen molar-refractivity contribution in [3.8, 4) is 39.8 Å². The van der Waals surface area contributed by atoms with Crippen molar-refractivity contribution in [3.63, 3.8) is 0 Å². The number of benzene rings is 3. The molecule has 0 aliphatic rings. The molecule has 0 unspecified atom stereocenters. The van der Waals surface area contributed by atoms with E-state index in [4.69, 9.17) is 14.6 Å². The molecule has 3 aromatic carbocycles. The molecule has 0 amide bonds. The molecule has 6 rings (SSSR count). The standard InChI is InChI=1S/C30H25N5O3S/c1-3-17-38-25-15-9-20(10-16-25)27-22(19-34(32-27)23-7-5-4-6-8-23)18-26-29(36)35-30(39-26)31-28(33-35)21-11-13-24(37-2)14-12-21/h4-16,18-19H,3,17H2,1-2H3. The molecule has 0 bridgehead atoms. The summed E-state index contributed by atoms with van der Waals surface area (Å²) in [6.07, 6.45) is 4.74. The van der Waals surface area contributed by atoms with Crippen LogP contribution in [0.25, 0.3) is 39.4 Å². The molecule has 0 aliphatic carbocycles. The maximum absolute atomic E-state index is 13.3. The van der Waals surface area contributed by atoms with Crippen molar-refractivity contribution < 1.29 is 9.47 Å². The lowest BCUT2D eigenvalue weighted by molar-refractivity contribution is 0.317. The van der Waals surface area contributed by atoms with Crippen molar-refractivity contribution in [2.24, 2.45) is 0 Å². The Morgan fingerprint density at radius 2 is 1.62 bits per heavy atom. The van der Waals surface area contributed by atoms with Crippen LogP contribution in [0.4, 0.5) is 0 Å². The number of hydrogen-bond acceptors (Lipinski definition) is 7. The third-order valence-corrected chi connectivity index (χ3v) is 7.14. The molecule has 0 fully saturated rings. The third-order valence-electron chi connectivity index (χ3n) is 6.18. The monoisotopic (exact) mass is 535 g/mol. The fraction of sp³-hybridized carbons (Fsp3) is 0.133. The highest BCUT2D eigenvalue weighted by Crippen LogP contribution is 2.27. The van der Waals surface area contributed by atoms with Gasteiger partial charge in [-0.1, -0.05) is 36.5 Å². The second kappa shape index (κ2) is 10.5.